The zero-order chi connectivity index (χ0) is 17.5. The molecule has 0 saturated carbocycles. The van der Waals surface area contributed by atoms with E-state index in [1.807, 2.05) is 11.0 Å². The van der Waals surface area contributed by atoms with Crippen LogP contribution in [-0.2, 0) is 9.59 Å². The number of likely N-dealkylation sites (tertiary alicyclic amines) is 1. The quantitative estimate of drug-likeness (QED) is 0.591. The van der Waals surface area contributed by atoms with Crippen molar-refractivity contribution in [2.75, 3.05) is 39.3 Å². The number of carbonyl (C=O) groups is 2. The fourth-order valence-corrected chi connectivity index (χ4v) is 3.34. The molecular weight excluding hydrogens is 308 g/mol. The summed E-state index contributed by atoms with van der Waals surface area (Å²) in [6, 6.07) is 2.22. The number of nitrogens with zero attached hydrogens (tertiary/aromatic N) is 4. The Kier molecular flexibility index (Phi) is 6.62. The average Bonchev–Trinajstić information content (AvgIpc) is 2.60. The monoisotopic (exact) mass is 334 g/mol. The first-order valence-electron chi connectivity index (χ1n) is 8.60. The summed E-state index contributed by atoms with van der Waals surface area (Å²) in [4.78, 5) is 29.3. The molecule has 0 aromatic rings. The van der Waals surface area contributed by atoms with Gasteiger partial charge in [-0.1, -0.05) is 0 Å². The van der Waals surface area contributed by atoms with Crippen LogP contribution in [0.25, 0.3) is 0 Å². The summed E-state index contributed by atoms with van der Waals surface area (Å²) in [6.45, 7) is 4.37. The molecule has 2 aliphatic rings. The third-order valence-electron chi connectivity index (χ3n) is 4.79. The maximum Gasteiger partial charge on any atom is 0.266 e. The Balaban J connectivity index is 2.03. The maximum absolute atomic E-state index is 12.6. The molecule has 1 atom stereocenters. The molecule has 0 spiro atoms. The van der Waals surface area contributed by atoms with E-state index in [4.69, 9.17) is 0 Å². The number of carbonyl (C=O) groups excluding carboxylic acids is 2. The number of aliphatic hydroxyl groups excluding tert-OH is 1. The highest BCUT2D eigenvalue weighted by Crippen LogP contribution is 2.21. The van der Waals surface area contributed by atoms with Gasteiger partial charge in [0.15, 0.2) is 0 Å². The first-order chi connectivity index (χ1) is 11.6. The number of rotatable bonds is 4. The van der Waals surface area contributed by atoms with Crippen molar-refractivity contribution in [1.29, 1.82) is 5.26 Å². The predicted octanol–water partition coefficient (Wildman–Crippen LogP) is 0.321. The average molecular weight is 334 g/mol. The molecule has 24 heavy (non-hydrogen) atoms. The third-order valence-corrected chi connectivity index (χ3v) is 4.79. The molecule has 0 aliphatic carbocycles. The molecule has 2 aliphatic heterocycles. The van der Waals surface area contributed by atoms with E-state index in [0.29, 0.717) is 32.6 Å². The minimum atomic E-state index is -0.269. The van der Waals surface area contributed by atoms with Crippen molar-refractivity contribution in [2.24, 2.45) is 0 Å². The Hall–Kier alpha value is -2.07. The molecule has 0 bridgehead atoms. The van der Waals surface area contributed by atoms with Crippen LogP contribution < -0.4 is 0 Å². The molecule has 1 unspecified atom stereocenters. The van der Waals surface area contributed by atoms with Crippen LogP contribution in [0.5, 0.6) is 0 Å². The molecule has 2 heterocycles. The lowest BCUT2D eigenvalue weighted by atomic mass is 10.00. The SMILES string of the molecule is CC(=O)N1CCN(C(=O)/C(C#N)=C\N2CCCCC2CCO)CC1. The standard InChI is InChI=1S/C17H26N4O3/c1-14(23)19-7-9-20(10-8-19)17(24)15(12-18)13-21-6-3-2-4-16(21)5-11-22/h13,16,22H,2-11H2,1H3/b15-13-. The molecule has 0 aromatic heterocycles. The largest absolute Gasteiger partial charge is 0.396 e. The lowest BCUT2D eigenvalue weighted by molar-refractivity contribution is -0.136. The van der Waals surface area contributed by atoms with Gasteiger partial charge in [0.05, 0.1) is 0 Å². The van der Waals surface area contributed by atoms with Crippen LogP contribution in [0.1, 0.15) is 32.6 Å². The van der Waals surface area contributed by atoms with Gasteiger partial charge in [0.1, 0.15) is 11.6 Å². The van der Waals surface area contributed by atoms with Gasteiger partial charge >= 0.3 is 0 Å². The number of hydrogen-bond donors (Lipinski definition) is 1. The van der Waals surface area contributed by atoms with Gasteiger partial charge in [-0.15, -0.1) is 0 Å². The second-order valence-electron chi connectivity index (χ2n) is 6.35. The van der Waals surface area contributed by atoms with Gasteiger partial charge in [-0.05, 0) is 25.7 Å². The van der Waals surface area contributed by atoms with Gasteiger partial charge < -0.3 is 19.8 Å². The van der Waals surface area contributed by atoms with Crippen molar-refractivity contribution in [1.82, 2.24) is 14.7 Å². The highest BCUT2D eigenvalue weighted by molar-refractivity contribution is 5.97. The molecule has 7 heteroatoms. The highest BCUT2D eigenvalue weighted by atomic mass is 16.3. The molecule has 2 rings (SSSR count). The van der Waals surface area contributed by atoms with Gasteiger partial charge in [-0.25, -0.2) is 0 Å². The van der Waals surface area contributed by atoms with Crippen LogP contribution in [0.3, 0.4) is 0 Å². The first-order valence-corrected chi connectivity index (χ1v) is 8.60. The fourth-order valence-electron chi connectivity index (χ4n) is 3.34. The molecule has 1 N–H and O–H groups in total. The van der Waals surface area contributed by atoms with E-state index in [1.165, 1.54) is 6.92 Å². The van der Waals surface area contributed by atoms with Crippen molar-refractivity contribution in [3.63, 3.8) is 0 Å². The van der Waals surface area contributed by atoms with Gasteiger partial charge in [-0.3, -0.25) is 9.59 Å². The van der Waals surface area contributed by atoms with E-state index >= 15 is 0 Å². The van der Waals surface area contributed by atoms with Crippen LogP contribution in [-0.4, -0.2) is 77.0 Å². The van der Waals surface area contributed by atoms with Crippen molar-refractivity contribution >= 4 is 11.8 Å². The summed E-state index contributed by atoms with van der Waals surface area (Å²) < 4.78 is 0. The molecule has 0 radical (unpaired) electrons. The van der Waals surface area contributed by atoms with E-state index in [1.54, 1.807) is 16.0 Å². The maximum atomic E-state index is 12.6. The summed E-state index contributed by atoms with van der Waals surface area (Å²) in [5.74, 6) is -0.257. The van der Waals surface area contributed by atoms with E-state index in [-0.39, 0.29) is 30.0 Å². The lowest BCUT2D eigenvalue weighted by Crippen LogP contribution is -2.50. The predicted molar refractivity (Wildman–Crippen MR) is 88.6 cm³/mol. The number of piperidine rings is 1. The topological polar surface area (TPSA) is 87.9 Å². The lowest BCUT2D eigenvalue weighted by Gasteiger charge is -2.36. The van der Waals surface area contributed by atoms with E-state index < -0.39 is 0 Å². The summed E-state index contributed by atoms with van der Waals surface area (Å²) in [5, 5.41) is 18.6. The van der Waals surface area contributed by atoms with Crippen LogP contribution in [0, 0.1) is 11.3 Å². The number of aliphatic hydroxyl groups is 1. The zero-order valence-corrected chi connectivity index (χ0v) is 14.3. The van der Waals surface area contributed by atoms with Crippen LogP contribution in [0.2, 0.25) is 0 Å². The van der Waals surface area contributed by atoms with Gasteiger partial charge in [0.25, 0.3) is 5.91 Å². The molecule has 2 fully saturated rings. The Morgan fingerprint density at radius 3 is 2.42 bits per heavy atom. The first kappa shape index (κ1) is 18.3. The highest BCUT2D eigenvalue weighted by Gasteiger charge is 2.26. The van der Waals surface area contributed by atoms with Crippen molar-refractivity contribution in [3.05, 3.63) is 11.8 Å². The molecular formula is C17H26N4O3. The summed E-state index contributed by atoms with van der Waals surface area (Å²) in [5.41, 5.74) is 0.135. The smallest absolute Gasteiger partial charge is 0.266 e. The number of nitriles is 1. The molecule has 7 nitrogen and oxygen atoms in total. The van der Waals surface area contributed by atoms with Gasteiger partial charge in [0, 0.05) is 58.5 Å². The summed E-state index contributed by atoms with van der Waals surface area (Å²) in [7, 11) is 0. The Morgan fingerprint density at radius 2 is 1.83 bits per heavy atom. The molecule has 132 valence electrons. The minimum Gasteiger partial charge on any atom is -0.396 e. The second-order valence-corrected chi connectivity index (χ2v) is 6.35. The Morgan fingerprint density at radius 1 is 1.17 bits per heavy atom. The van der Waals surface area contributed by atoms with Crippen molar-refractivity contribution < 1.29 is 14.7 Å². The molecule has 2 amide bonds. The van der Waals surface area contributed by atoms with E-state index in [9.17, 15) is 20.0 Å². The summed E-state index contributed by atoms with van der Waals surface area (Å²) in [6.07, 6.45) is 5.43. The zero-order valence-electron chi connectivity index (χ0n) is 14.3. The fraction of sp³-hybridized carbons (Fsp3) is 0.706. The van der Waals surface area contributed by atoms with Crippen molar-refractivity contribution in [3.8, 4) is 6.07 Å². The Labute approximate surface area is 143 Å². The normalized spacial score (nSPS) is 22.3. The third kappa shape index (κ3) is 4.48. The molecule has 2 saturated heterocycles. The van der Waals surface area contributed by atoms with Gasteiger partial charge in [-0.2, -0.15) is 5.26 Å². The van der Waals surface area contributed by atoms with E-state index in [0.717, 1.165) is 25.8 Å². The number of hydrogen-bond acceptors (Lipinski definition) is 5. The number of piperazine rings is 1. The Bertz CT molecular complexity index is 530. The number of amides is 2. The van der Waals surface area contributed by atoms with E-state index in [2.05, 4.69) is 0 Å². The van der Waals surface area contributed by atoms with Crippen LogP contribution >= 0.6 is 0 Å². The summed E-state index contributed by atoms with van der Waals surface area (Å²) >= 11 is 0. The van der Waals surface area contributed by atoms with Gasteiger partial charge in [0.2, 0.25) is 5.91 Å². The van der Waals surface area contributed by atoms with Crippen molar-refractivity contribution in [2.45, 2.75) is 38.6 Å². The second kappa shape index (κ2) is 8.69. The van der Waals surface area contributed by atoms with Crippen LogP contribution in [0.4, 0.5) is 0 Å². The molecule has 0 aromatic carbocycles. The minimum absolute atomic E-state index is 0.0123. The van der Waals surface area contributed by atoms with Crippen LogP contribution in [0.15, 0.2) is 11.8 Å².